The third kappa shape index (κ3) is 12.7. The summed E-state index contributed by atoms with van der Waals surface area (Å²) in [7, 11) is -3.72. The van der Waals surface area contributed by atoms with Crippen LogP contribution < -0.4 is 9.05 Å². The lowest BCUT2D eigenvalue weighted by atomic mass is 9.77. The minimum absolute atomic E-state index is 0.0857. The van der Waals surface area contributed by atoms with Gasteiger partial charge in [-0.25, -0.2) is 0 Å². The van der Waals surface area contributed by atoms with Crippen LogP contribution in [0.4, 0.5) is 0 Å². The van der Waals surface area contributed by atoms with Crippen molar-refractivity contribution in [3.05, 3.63) is 106 Å². The van der Waals surface area contributed by atoms with E-state index in [-0.39, 0.29) is 43.3 Å². The average Bonchev–Trinajstić information content (AvgIpc) is 3.46. The van der Waals surface area contributed by atoms with E-state index >= 15 is 0 Å². The molecule has 0 aliphatic heterocycles. The summed E-state index contributed by atoms with van der Waals surface area (Å²) in [4.78, 5) is 2.11. The van der Waals surface area contributed by atoms with Crippen LogP contribution in [0.25, 0.3) is 43.9 Å². The maximum absolute atomic E-state index is 7.04. The van der Waals surface area contributed by atoms with Crippen molar-refractivity contribution >= 4 is 60.4 Å². The van der Waals surface area contributed by atoms with Gasteiger partial charge in [-0.3, -0.25) is 9.05 Å². The van der Waals surface area contributed by atoms with E-state index < -0.39 is 16.5 Å². The van der Waals surface area contributed by atoms with Gasteiger partial charge in [-0.1, -0.05) is 197 Å². The Morgan fingerprint density at radius 2 is 0.577 bits per heavy atom. The molecule has 9 heteroatoms. The molecule has 0 atom stereocenters. The molecule has 0 aliphatic rings. The zero-order valence-electron chi connectivity index (χ0n) is 48.5. The molecule has 0 aliphatic carbocycles. The Balaban J connectivity index is 1.42. The number of hydrogen-bond acceptors (Lipinski definition) is 7. The second-order valence-electron chi connectivity index (χ2n) is 28.3. The van der Waals surface area contributed by atoms with Crippen LogP contribution in [0.2, 0.25) is 0 Å². The van der Waals surface area contributed by atoms with E-state index in [9.17, 15) is 0 Å². The standard InChI is InChI=1S/C62H91NO6P2/c1-26-63(27-29-64-70-66-51-43(31-39(55(2,3)4)35-47(51)59(14,15)16)44-32-40(56(5,6)7)36-48(52(44)67-70)60(17,18)19)28-30-65-71-68-53-45(33-41(57(8,9)10)37-49(53)61(20,21)22)46-34-42(58(11,12)13)38-50(54(46)69-71)62(23,24)25/h26,31-38H,1,27-30H2,2-25H3. The Bertz CT molecular complexity index is 2630. The molecule has 4 aromatic carbocycles. The van der Waals surface area contributed by atoms with Crippen molar-refractivity contribution in [2.24, 2.45) is 0 Å². The fourth-order valence-electron chi connectivity index (χ4n) is 8.87. The normalized spacial score (nSPS) is 13.7. The molecule has 0 radical (unpaired) electrons. The molecule has 390 valence electrons. The lowest BCUT2D eigenvalue weighted by Crippen LogP contribution is -2.27. The first kappa shape index (κ1) is 56.4. The second kappa shape index (κ2) is 19.4. The molecule has 0 saturated carbocycles. The van der Waals surface area contributed by atoms with Crippen LogP contribution in [0, 0.1) is 0 Å². The summed E-state index contributed by atoms with van der Waals surface area (Å²) in [6, 6.07) is 18.6. The first-order chi connectivity index (χ1) is 32.2. The molecule has 71 heavy (non-hydrogen) atoms. The quantitative estimate of drug-likeness (QED) is 0.143. The minimum atomic E-state index is -1.86. The molecular weight excluding hydrogens is 917 g/mol. The molecule has 0 saturated heterocycles. The Morgan fingerprint density at radius 1 is 0.366 bits per heavy atom. The van der Waals surface area contributed by atoms with Crippen LogP contribution in [-0.4, -0.2) is 31.2 Å². The Kier molecular flexibility index (Phi) is 15.5. The first-order valence-electron chi connectivity index (χ1n) is 25.9. The van der Waals surface area contributed by atoms with Crippen molar-refractivity contribution in [2.75, 3.05) is 26.3 Å². The maximum Gasteiger partial charge on any atom is 0.387 e. The van der Waals surface area contributed by atoms with Crippen molar-refractivity contribution in [3.8, 4) is 0 Å². The fraction of sp³-hybridized carbons (Fsp3) is 0.581. The Morgan fingerprint density at radius 3 is 0.746 bits per heavy atom. The highest BCUT2D eigenvalue weighted by Crippen LogP contribution is 2.47. The lowest BCUT2D eigenvalue weighted by molar-refractivity contribution is 0.255. The van der Waals surface area contributed by atoms with Gasteiger partial charge in [0.1, 0.15) is 22.3 Å². The molecule has 6 aromatic rings. The van der Waals surface area contributed by atoms with E-state index in [2.05, 4.69) is 226 Å². The molecular formula is C62H91NO6P2. The highest BCUT2D eigenvalue weighted by molar-refractivity contribution is 7.32. The van der Waals surface area contributed by atoms with Gasteiger partial charge in [-0.2, -0.15) is 0 Å². The molecule has 7 nitrogen and oxygen atoms in total. The third-order valence-corrected chi connectivity index (χ3v) is 15.8. The van der Waals surface area contributed by atoms with Gasteiger partial charge in [0.05, 0.1) is 13.2 Å². The lowest BCUT2D eigenvalue weighted by Gasteiger charge is -2.27. The van der Waals surface area contributed by atoms with Crippen molar-refractivity contribution in [1.29, 1.82) is 0 Å². The van der Waals surface area contributed by atoms with Gasteiger partial charge in [-0.05, 0) is 96.0 Å². The van der Waals surface area contributed by atoms with E-state index in [0.29, 0.717) is 26.3 Å². The minimum Gasteiger partial charge on any atom is -0.399 e. The smallest absolute Gasteiger partial charge is 0.387 e. The van der Waals surface area contributed by atoms with Gasteiger partial charge in [0.25, 0.3) is 0 Å². The van der Waals surface area contributed by atoms with Gasteiger partial charge in [0.15, 0.2) is 0 Å². The van der Waals surface area contributed by atoms with Crippen molar-refractivity contribution in [1.82, 2.24) is 4.90 Å². The van der Waals surface area contributed by atoms with Crippen molar-refractivity contribution in [2.45, 2.75) is 209 Å². The molecule has 6 rings (SSSR count). The van der Waals surface area contributed by atoms with Gasteiger partial charge in [0, 0.05) is 56.9 Å². The number of rotatable bonds is 9. The van der Waals surface area contributed by atoms with E-state index in [0.717, 1.165) is 66.1 Å². The molecule has 0 amide bonds. The molecule has 0 fully saturated rings. The average molecular weight is 1010 g/mol. The number of hydrogen-bond donors (Lipinski definition) is 0. The summed E-state index contributed by atoms with van der Waals surface area (Å²) in [6.07, 6.45) is 1.85. The van der Waals surface area contributed by atoms with Crippen LogP contribution in [0.3, 0.4) is 0 Å². The SMILES string of the molecule is C=CN(CCOp1oc2c(C(C)(C)C)cc(C(C)(C)C)cc2c2cc(C(C)(C)C)cc(C(C)(C)C)c2o1)CCOp1oc2c(C(C)(C)C)cc(C(C)(C)C)cc2c2cc(C(C)(C)C)cc(C(C)(C)C)c2o1. The number of nitrogens with zero attached hydrogens (tertiary/aromatic N) is 1. The van der Waals surface area contributed by atoms with Gasteiger partial charge < -0.3 is 21.7 Å². The van der Waals surface area contributed by atoms with Crippen LogP contribution in [0.15, 0.2) is 78.1 Å². The summed E-state index contributed by atoms with van der Waals surface area (Å²) >= 11 is 0. The Labute approximate surface area is 430 Å². The van der Waals surface area contributed by atoms with Crippen molar-refractivity contribution < 1.29 is 25.8 Å². The monoisotopic (exact) mass is 1010 g/mol. The number of benzene rings is 4. The molecule has 0 unspecified atom stereocenters. The zero-order valence-corrected chi connectivity index (χ0v) is 50.3. The van der Waals surface area contributed by atoms with E-state index in [1.807, 2.05) is 6.20 Å². The van der Waals surface area contributed by atoms with Crippen LogP contribution in [0.1, 0.15) is 211 Å². The van der Waals surface area contributed by atoms with E-state index in [1.165, 1.54) is 22.3 Å². The van der Waals surface area contributed by atoms with E-state index in [4.69, 9.17) is 25.8 Å². The molecule has 2 heterocycles. The summed E-state index contributed by atoms with van der Waals surface area (Å²) < 4.78 is 41.6. The third-order valence-electron chi connectivity index (χ3n) is 13.7. The van der Waals surface area contributed by atoms with Crippen LogP contribution in [0.5, 0.6) is 0 Å². The highest BCUT2D eigenvalue weighted by atomic mass is 31.1. The first-order valence-corrected chi connectivity index (χ1v) is 28.1. The highest BCUT2D eigenvalue weighted by Gasteiger charge is 2.31. The van der Waals surface area contributed by atoms with Gasteiger partial charge >= 0.3 is 16.5 Å². The molecule has 0 bridgehead atoms. The Hall–Kier alpha value is -3.86. The topological polar surface area (TPSA) is 74.3 Å². The fourth-order valence-corrected chi connectivity index (χ4v) is 11.0. The largest absolute Gasteiger partial charge is 0.399 e. The molecule has 0 N–H and O–H groups in total. The van der Waals surface area contributed by atoms with E-state index in [1.54, 1.807) is 0 Å². The molecule has 0 spiro atoms. The maximum atomic E-state index is 7.04. The van der Waals surface area contributed by atoms with Crippen LogP contribution >= 0.6 is 16.5 Å². The number of fused-ring (bicyclic) bond motifs is 6. The van der Waals surface area contributed by atoms with Crippen molar-refractivity contribution in [3.63, 3.8) is 0 Å². The van der Waals surface area contributed by atoms with Gasteiger partial charge in [-0.15, -0.1) is 0 Å². The second-order valence-corrected chi connectivity index (χ2v) is 30.4. The summed E-state index contributed by atoms with van der Waals surface area (Å²) in [5.41, 5.74) is 11.7. The predicted molar refractivity (Wildman–Crippen MR) is 307 cm³/mol. The molecule has 2 aromatic heterocycles. The summed E-state index contributed by atoms with van der Waals surface area (Å²) in [6.45, 7) is 60.4. The van der Waals surface area contributed by atoms with Crippen LogP contribution in [-0.2, 0) is 43.3 Å². The summed E-state index contributed by atoms with van der Waals surface area (Å²) in [5, 5.41) is 4.21. The predicted octanol–water partition coefficient (Wildman–Crippen LogP) is 19.3. The summed E-state index contributed by atoms with van der Waals surface area (Å²) in [5.74, 6) is 0. The zero-order chi connectivity index (χ0) is 53.4. The van der Waals surface area contributed by atoms with Gasteiger partial charge in [0.2, 0.25) is 0 Å².